The highest BCUT2D eigenvalue weighted by molar-refractivity contribution is 5.00. The van der Waals surface area contributed by atoms with Gasteiger partial charge in [-0.1, -0.05) is 19.8 Å². The summed E-state index contributed by atoms with van der Waals surface area (Å²) in [4.78, 5) is 0. The first kappa shape index (κ1) is 10.4. The SMILES string of the molecule is CC1CCCCC12CCC(C)(CN)O2. The van der Waals surface area contributed by atoms with Gasteiger partial charge in [-0.05, 0) is 38.5 Å². The molecule has 3 unspecified atom stereocenters. The molecule has 0 amide bonds. The molecule has 82 valence electrons. The van der Waals surface area contributed by atoms with Gasteiger partial charge in [0.2, 0.25) is 0 Å². The summed E-state index contributed by atoms with van der Waals surface area (Å²) in [5.41, 5.74) is 5.93. The van der Waals surface area contributed by atoms with E-state index in [1.165, 1.54) is 32.1 Å². The number of hydrogen-bond acceptors (Lipinski definition) is 2. The molecule has 0 aromatic carbocycles. The Labute approximate surface area is 87.2 Å². The van der Waals surface area contributed by atoms with Crippen LogP contribution in [0.25, 0.3) is 0 Å². The van der Waals surface area contributed by atoms with Crippen molar-refractivity contribution >= 4 is 0 Å². The molecule has 0 aromatic heterocycles. The monoisotopic (exact) mass is 197 g/mol. The molecule has 2 rings (SSSR count). The van der Waals surface area contributed by atoms with Crippen LogP contribution in [0, 0.1) is 5.92 Å². The van der Waals surface area contributed by atoms with Crippen molar-refractivity contribution in [3.63, 3.8) is 0 Å². The lowest BCUT2D eigenvalue weighted by Crippen LogP contribution is -2.44. The van der Waals surface area contributed by atoms with E-state index in [0.717, 1.165) is 12.3 Å². The average Bonchev–Trinajstić information content (AvgIpc) is 2.52. The van der Waals surface area contributed by atoms with Crippen LogP contribution < -0.4 is 5.73 Å². The predicted octanol–water partition coefficient (Wildman–Crippen LogP) is 2.46. The quantitative estimate of drug-likeness (QED) is 0.701. The minimum atomic E-state index is -0.0361. The van der Waals surface area contributed by atoms with E-state index in [4.69, 9.17) is 10.5 Å². The van der Waals surface area contributed by atoms with E-state index in [1.807, 2.05) is 0 Å². The third kappa shape index (κ3) is 1.59. The zero-order valence-electron chi connectivity index (χ0n) is 9.51. The molecule has 0 bridgehead atoms. The van der Waals surface area contributed by atoms with Crippen LogP contribution in [0.15, 0.2) is 0 Å². The first-order chi connectivity index (χ1) is 6.60. The highest BCUT2D eigenvalue weighted by Crippen LogP contribution is 2.48. The largest absolute Gasteiger partial charge is 0.367 e. The summed E-state index contributed by atoms with van der Waals surface area (Å²) in [6, 6.07) is 0. The van der Waals surface area contributed by atoms with E-state index < -0.39 is 0 Å². The van der Waals surface area contributed by atoms with Crippen molar-refractivity contribution in [2.45, 2.75) is 63.6 Å². The van der Waals surface area contributed by atoms with E-state index in [1.54, 1.807) is 0 Å². The standard InChI is InChI=1S/C12H23NO/c1-10-5-3-4-6-12(10)8-7-11(2,9-13)14-12/h10H,3-9,13H2,1-2H3. The Bertz CT molecular complexity index is 218. The van der Waals surface area contributed by atoms with Crippen LogP contribution in [0.3, 0.4) is 0 Å². The van der Waals surface area contributed by atoms with Crippen molar-refractivity contribution in [2.75, 3.05) is 6.54 Å². The maximum Gasteiger partial charge on any atom is 0.0784 e. The van der Waals surface area contributed by atoms with Crippen LogP contribution in [0.1, 0.15) is 52.4 Å². The van der Waals surface area contributed by atoms with Gasteiger partial charge in [0.25, 0.3) is 0 Å². The van der Waals surface area contributed by atoms with E-state index in [2.05, 4.69) is 13.8 Å². The second-order valence-electron chi connectivity index (χ2n) is 5.47. The Balaban J connectivity index is 2.10. The fraction of sp³-hybridized carbons (Fsp3) is 1.00. The van der Waals surface area contributed by atoms with Gasteiger partial charge in [-0.25, -0.2) is 0 Å². The van der Waals surface area contributed by atoms with E-state index in [9.17, 15) is 0 Å². The summed E-state index contributed by atoms with van der Waals surface area (Å²) in [7, 11) is 0. The second kappa shape index (κ2) is 3.49. The van der Waals surface area contributed by atoms with Crippen molar-refractivity contribution in [2.24, 2.45) is 11.7 Å². The number of hydrogen-bond donors (Lipinski definition) is 1. The molecule has 1 aliphatic heterocycles. The van der Waals surface area contributed by atoms with Gasteiger partial charge < -0.3 is 10.5 Å². The molecule has 0 radical (unpaired) electrons. The molecule has 2 heteroatoms. The molecule has 2 nitrogen and oxygen atoms in total. The van der Waals surface area contributed by atoms with Crippen LogP contribution in [-0.2, 0) is 4.74 Å². The normalized spacial score (nSPS) is 48.6. The molecule has 1 aliphatic carbocycles. The van der Waals surface area contributed by atoms with Gasteiger partial charge in [0.15, 0.2) is 0 Å². The van der Waals surface area contributed by atoms with Crippen molar-refractivity contribution in [3.8, 4) is 0 Å². The van der Waals surface area contributed by atoms with Crippen LogP contribution in [0.4, 0.5) is 0 Å². The lowest BCUT2D eigenvalue weighted by Gasteiger charge is -2.41. The number of rotatable bonds is 1. The van der Waals surface area contributed by atoms with Crippen molar-refractivity contribution in [1.29, 1.82) is 0 Å². The molecular weight excluding hydrogens is 174 g/mol. The Kier molecular flexibility index (Phi) is 2.61. The summed E-state index contributed by atoms with van der Waals surface area (Å²) < 4.78 is 6.31. The number of ether oxygens (including phenoxy) is 1. The van der Waals surface area contributed by atoms with Gasteiger partial charge in [-0.2, -0.15) is 0 Å². The molecule has 2 fully saturated rings. The fourth-order valence-corrected chi connectivity index (χ4v) is 3.12. The Morgan fingerprint density at radius 3 is 2.64 bits per heavy atom. The summed E-state index contributed by atoms with van der Waals surface area (Å²) in [6.45, 7) is 5.19. The fourth-order valence-electron chi connectivity index (χ4n) is 3.12. The maximum atomic E-state index is 6.31. The van der Waals surface area contributed by atoms with E-state index in [0.29, 0.717) is 6.54 Å². The van der Waals surface area contributed by atoms with Crippen LogP contribution >= 0.6 is 0 Å². The summed E-state index contributed by atoms with van der Waals surface area (Å²) in [5, 5.41) is 0. The lowest BCUT2D eigenvalue weighted by molar-refractivity contribution is -0.132. The summed E-state index contributed by atoms with van der Waals surface area (Å²) in [6.07, 6.45) is 7.68. The summed E-state index contributed by atoms with van der Waals surface area (Å²) in [5.74, 6) is 0.727. The topological polar surface area (TPSA) is 35.2 Å². The molecular formula is C12H23NO. The molecule has 1 saturated carbocycles. The zero-order chi connectivity index (χ0) is 10.2. The average molecular weight is 197 g/mol. The smallest absolute Gasteiger partial charge is 0.0784 e. The molecule has 1 spiro atoms. The molecule has 2 aliphatic rings. The molecule has 2 N–H and O–H groups in total. The van der Waals surface area contributed by atoms with Gasteiger partial charge in [0, 0.05) is 6.54 Å². The molecule has 14 heavy (non-hydrogen) atoms. The van der Waals surface area contributed by atoms with Crippen molar-refractivity contribution in [1.82, 2.24) is 0 Å². The molecule has 0 aromatic rings. The predicted molar refractivity (Wildman–Crippen MR) is 58.1 cm³/mol. The van der Waals surface area contributed by atoms with Gasteiger partial charge >= 0.3 is 0 Å². The third-order valence-corrected chi connectivity index (χ3v) is 4.34. The number of nitrogens with two attached hydrogens (primary N) is 1. The Morgan fingerprint density at radius 2 is 2.07 bits per heavy atom. The van der Waals surface area contributed by atoms with Gasteiger partial charge in [0.1, 0.15) is 0 Å². The van der Waals surface area contributed by atoms with Crippen molar-refractivity contribution in [3.05, 3.63) is 0 Å². The molecule has 3 atom stereocenters. The summed E-state index contributed by atoms with van der Waals surface area (Å²) >= 11 is 0. The van der Waals surface area contributed by atoms with E-state index >= 15 is 0 Å². The zero-order valence-corrected chi connectivity index (χ0v) is 9.51. The Morgan fingerprint density at radius 1 is 1.29 bits per heavy atom. The van der Waals surface area contributed by atoms with Gasteiger partial charge in [-0.3, -0.25) is 0 Å². The van der Waals surface area contributed by atoms with Gasteiger partial charge in [-0.15, -0.1) is 0 Å². The highest BCUT2D eigenvalue weighted by atomic mass is 16.5. The third-order valence-electron chi connectivity index (χ3n) is 4.34. The first-order valence-corrected chi connectivity index (χ1v) is 6.00. The Hall–Kier alpha value is -0.0800. The van der Waals surface area contributed by atoms with Gasteiger partial charge in [0.05, 0.1) is 11.2 Å². The first-order valence-electron chi connectivity index (χ1n) is 6.00. The van der Waals surface area contributed by atoms with Crippen LogP contribution in [-0.4, -0.2) is 17.7 Å². The molecule has 1 saturated heterocycles. The van der Waals surface area contributed by atoms with Crippen LogP contribution in [0.5, 0.6) is 0 Å². The van der Waals surface area contributed by atoms with Crippen LogP contribution in [0.2, 0.25) is 0 Å². The van der Waals surface area contributed by atoms with Crippen molar-refractivity contribution < 1.29 is 4.74 Å². The van der Waals surface area contributed by atoms with E-state index in [-0.39, 0.29) is 11.2 Å². The molecule has 1 heterocycles. The second-order valence-corrected chi connectivity index (χ2v) is 5.47. The lowest BCUT2D eigenvalue weighted by atomic mass is 9.75. The maximum absolute atomic E-state index is 6.31. The highest BCUT2D eigenvalue weighted by Gasteiger charge is 2.49. The minimum Gasteiger partial charge on any atom is -0.367 e. The minimum absolute atomic E-state index is 0.0361.